The molecule has 0 fully saturated rings. The summed E-state index contributed by atoms with van der Waals surface area (Å²) >= 11 is 0. The number of fused-ring (bicyclic) bond motifs is 1. The van der Waals surface area contributed by atoms with E-state index in [0.717, 1.165) is 0 Å². The third kappa shape index (κ3) is 20.7. The summed E-state index contributed by atoms with van der Waals surface area (Å²) in [6, 6.07) is 26.2. The van der Waals surface area contributed by atoms with E-state index in [-0.39, 0.29) is 5.41 Å². The van der Waals surface area contributed by atoms with Crippen molar-refractivity contribution in [2.24, 2.45) is 0 Å². The molecule has 2 aromatic carbocycles. The third-order valence-electron chi connectivity index (χ3n) is 20.1. The lowest BCUT2D eigenvalue weighted by molar-refractivity contribution is 0.528. The molecule has 3 aliphatic heterocycles. The molecule has 3 heterocycles. The molecule has 6 rings (SSSR count). The molecular weight excluding hydrogens is 885 g/mol. The van der Waals surface area contributed by atoms with Crippen LogP contribution in [0.3, 0.4) is 0 Å². The lowest BCUT2D eigenvalue weighted by atomic mass is 9.82. The molecule has 404 valence electrons. The average molecular weight is 1010 g/mol. The maximum absolute atomic E-state index is 2.93. The fourth-order valence-electron chi connectivity index (χ4n) is 15.2. The fraction of sp³-hybridized carbons (Fsp3) is 0.826. The highest BCUT2D eigenvalue weighted by molar-refractivity contribution is 6.92. The van der Waals surface area contributed by atoms with Gasteiger partial charge in [-0.3, -0.25) is 0 Å². The van der Waals surface area contributed by atoms with Crippen molar-refractivity contribution >= 4 is 26.5 Å². The first-order valence-electron chi connectivity index (χ1n) is 33.3. The second kappa shape index (κ2) is 35.3. The van der Waals surface area contributed by atoms with Crippen LogP contribution >= 0.6 is 0 Å². The molecule has 2 aromatic rings. The number of rotatable bonds is 0. The van der Waals surface area contributed by atoms with E-state index in [0.29, 0.717) is 0 Å². The zero-order chi connectivity index (χ0) is 49.4. The van der Waals surface area contributed by atoms with Gasteiger partial charge in [0.2, 0.25) is 0 Å². The van der Waals surface area contributed by atoms with Gasteiger partial charge in [-0.05, 0) is 22.3 Å². The molecule has 0 unspecified atom stereocenters. The van der Waals surface area contributed by atoms with Crippen molar-refractivity contribution in [2.45, 2.75) is 364 Å². The van der Waals surface area contributed by atoms with Gasteiger partial charge in [-0.25, -0.2) is 0 Å². The summed E-state index contributed by atoms with van der Waals surface area (Å²) in [5.74, 6) is 0. The molecule has 0 atom stereocenters. The Balaban J connectivity index is 1.36. The van der Waals surface area contributed by atoms with Gasteiger partial charge in [0.15, 0.2) is 0 Å². The van der Waals surface area contributed by atoms with E-state index in [1.807, 2.05) is 10.4 Å². The van der Waals surface area contributed by atoms with Crippen LogP contribution in [0.25, 0.3) is 11.1 Å². The highest BCUT2D eigenvalue weighted by Crippen LogP contribution is 2.49. The Morgan fingerprint density at radius 2 is 0.380 bits per heavy atom. The maximum atomic E-state index is 2.93. The minimum Gasteiger partial charge on any atom is -0.0623 e. The molecule has 0 radical (unpaired) electrons. The average Bonchev–Trinajstić information content (AvgIpc) is 3.60. The Hall–Kier alpha value is -1.13. The van der Waals surface area contributed by atoms with Gasteiger partial charge in [0.25, 0.3) is 0 Å². The van der Waals surface area contributed by atoms with Crippen molar-refractivity contribution < 1.29 is 0 Å². The maximum Gasteiger partial charge on any atom is 0.0867 e. The van der Waals surface area contributed by atoms with Crippen LogP contribution in [0.5, 0.6) is 0 Å². The molecule has 0 spiro atoms. The minimum atomic E-state index is -1.74. The molecule has 0 aromatic heterocycles. The van der Waals surface area contributed by atoms with E-state index >= 15 is 0 Å². The summed E-state index contributed by atoms with van der Waals surface area (Å²) in [7, 11) is -3.47. The van der Waals surface area contributed by atoms with Crippen molar-refractivity contribution in [3.05, 3.63) is 47.5 Å². The van der Waals surface area contributed by atoms with Gasteiger partial charge in [-0.2, -0.15) is 0 Å². The molecule has 0 nitrogen and oxygen atoms in total. The van der Waals surface area contributed by atoms with Crippen LogP contribution < -0.4 is 10.4 Å². The molecular formula is C69H120Si2. The molecule has 0 saturated carbocycles. The Kier molecular flexibility index (Phi) is 29.4. The zero-order valence-corrected chi connectivity index (χ0v) is 50.1. The van der Waals surface area contributed by atoms with E-state index in [1.54, 1.807) is 58.5 Å². The third-order valence-corrected chi connectivity index (χ3v) is 31.0. The Morgan fingerprint density at radius 1 is 0.225 bits per heavy atom. The summed E-state index contributed by atoms with van der Waals surface area (Å²) in [6.07, 6.45) is 71.2. The van der Waals surface area contributed by atoms with Gasteiger partial charge in [0.1, 0.15) is 0 Å². The Morgan fingerprint density at radius 3 is 0.549 bits per heavy atom. The molecule has 0 saturated heterocycles. The predicted octanol–water partition coefficient (Wildman–Crippen LogP) is 23.1. The number of hydrogen-bond donors (Lipinski definition) is 0. The summed E-state index contributed by atoms with van der Waals surface area (Å²) in [6.45, 7) is 5.34. The van der Waals surface area contributed by atoms with Crippen molar-refractivity contribution in [1.82, 2.24) is 0 Å². The minimum absolute atomic E-state index is 0.0774. The highest BCUT2D eigenvalue weighted by Gasteiger charge is 2.41. The van der Waals surface area contributed by atoms with E-state index in [9.17, 15) is 0 Å². The van der Waals surface area contributed by atoms with Gasteiger partial charge in [-0.15, -0.1) is 0 Å². The van der Waals surface area contributed by atoms with Gasteiger partial charge >= 0.3 is 0 Å². The van der Waals surface area contributed by atoms with Gasteiger partial charge in [0, 0.05) is 5.41 Å². The van der Waals surface area contributed by atoms with Crippen LogP contribution in [0.4, 0.5) is 0 Å². The van der Waals surface area contributed by atoms with Crippen molar-refractivity contribution in [2.75, 3.05) is 0 Å². The van der Waals surface area contributed by atoms with Crippen LogP contribution in [-0.4, -0.2) is 16.1 Å². The first kappa shape index (κ1) is 59.1. The lowest BCUT2D eigenvalue weighted by Gasteiger charge is -2.35. The smallest absolute Gasteiger partial charge is 0.0623 e. The summed E-state index contributed by atoms with van der Waals surface area (Å²) in [5.41, 5.74) is 6.69. The Bertz CT molecular complexity index is 1430. The fourth-order valence-corrected chi connectivity index (χ4v) is 25.8. The second-order valence-electron chi connectivity index (χ2n) is 26.2. The van der Waals surface area contributed by atoms with Crippen molar-refractivity contribution in [3.63, 3.8) is 0 Å². The van der Waals surface area contributed by atoms with Gasteiger partial charge in [-0.1, -0.05) is 405 Å². The first-order chi connectivity index (χ1) is 35.0. The molecule has 0 amide bonds. The van der Waals surface area contributed by atoms with Crippen molar-refractivity contribution in [1.29, 1.82) is 0 Å². The van der Waals surface area contributed by atoms with E-state index < -0.39 is 16.1 Å². The Labute approximate surface area is 446 Å². The largest absolute Gasteiger partial charge is 0.0867 e. The van der Waals surface area contributed by atoms with Crippen LogP contribution in [0.1, 0.15) is 333 Å². The molecule has 1 aliphatic carbocycles. The van der Waals surface area contributed by atoms with Crippen LogP contribution in [-0.2, 0) is 5.41 Å². The molecule has 2 heteroatoms. The highest BCUT2D eigenvalue weighted by atomic mass is 28.3. The first-order valence-corrected chi connectivity index (χ1v) is 38.6. The zero-order valence-electron chi connectivity index (χ0n) is 48.1. The number of hydrogen-bond acceptors (Lipinski definition) is 0. The number of benzene rings is 2. The van der Waals surface area contributed by atoms with E-state index in [1.165, 1.54) is 308 Å². The molecule has 4 aliphatic rings. The van der Waals surface area contributed by atoms with Crippen LogP contribution in [0.2, 0.25) is 36.3 Å². The summed E-state index contributed by atoms with van der Waals surface area (Å²) in [4.78, 5) is 0. The SMILES string of the molecule is CC1(C)c2cc3ccc2-c2ccc(cc21)[Si]12CCCCCCCCCCCCCCCCCC[Si]3(CCCCCCCCCCCCCCCCCC1)CCCCCCCCCCCCCCCCCC2. The lowest BCUT2D eigenvalue weighted by Crippen LogP contribution is -2.48. The molecule has 0 N–H and O–H groups in total. The standard InChI is InChI=1S/C69H120Si2/c1-69(2)67-61-63-51-53-65(67)66-54-52-64(62-68(66)69)71-56-46-40-34-28-22-16-10-4-3-9-15-21-27-33-39-45-55-70(63,57-47-41-35-29-23-17-11-5-7-13-19-25-31-37-43-49-59-71)58-48-42-36-30-24-18-12-6-8-14-20-26-32-38-44-50-60-71/h51-54,61-62H,3-50,55-60H2,1-2H3. The normalized spacial score (nSPS) is 27.3. The monoisotopic (exact) mass is 1000 g/mol. The topological polar surface area (TPSA) is 0 Å². The van der Waals surface area contributed by atoms with Crippen LogP contribution in [0, 0.1) is 0 Å². The van der Waals surface area contributed by atoms with Gasteiger partial charge < -0.3 is 0 Å². The van der Waals surface area contributed by atoms with Crippen LogP contribution in [0.15, 0.2) is 36.4 Å². The van der Waals surface area contributed by atoms with Gasteiger partial charge in [0.05, 0.1) is 16.1 Å². The van der Waals surface area contributed by atoms with E-state index in [4.69, 9.17) is 0 Å². The summed E-state index contributed by atoms with van der Waals surface area (Å²) < 4.78 is 0. The molecule has 6 bridgehead atoms. The summed E-state index contributed by atoms with van der Waals surface area (Å²) in [5, 5.41) is 3.77. The molecule has 71 heavy (non-hydrogen) atoms. The van der Waals surface area contributed by atoms with Crippen molar-refractivity contribution in [3.8, 4) is 11.1 Å². The quantitative estimate of drug-likeness (QED) is 0.231. The second-order valence-corrected chi connectivity index (χ2v) is 35.5. The predicted molar refractivity (Wildman–Crippen MR) is 325 cm³/mol. The van der Waals surface area contributed by atoms with E-state index in [2.05, 4.69) is 50.2 Å².